The molecule has 0 radical (unpaired) electrons. The van der Waals surface area contributed by atoms with Crippen LogP contribution in [0.4, 0.5) is 5.69 Å². The molecule has 1 aromatic heterocycles. The second-order valence-corrected chi connectivity index (χ2v) is 18.5. The van der Waals surface area contributed by atoms with Crippen molar-refractivity contribution in [3.63, 3.8) is 0 Å². The van der Waals surface area contributed by atoms with Gasteiger partial charge in [0.05, 0.1) is 24.0 Å². The number of pyridine rings is 1. The highest BCUT2D eigenvalue weighted by atomic mass is 32.2. The number of anilines is 1. The standard InChI is InChI=1S/C40H53N7O9S/c1-6-24-19-23(2)9-7-8-10-25-21-40(25,39(52)44-57(53,54)27-11-12-27)43-34(48)31-20-26(22-47(31)37(50)32(24)42-35(49)38(51)45(3)4)56-36-29-13-14-30-33(28(29)15-16-41-36)55-18-17-46(30)5/h8,10,13-16,23-27,31-32H,6-7,9,11-12,17-22H2,1-5H3,(H,42,49)(H,43,48)(H,44,52)/t23-,24+,25+,26+,31-,32-,40+/m0/s1. The summed E-state index contributed by atoms with van der Waals surface area (Å²) >= 11 is 0. The highest BCUT2D eigenvalue weighted by Crippen LogP contribution is 2.46. The number of sulfonamides is 1. The monoisotopic (exact) mass is 807 g/mol. The lowest BCUT2D eigenvalue weighted by Crippen LogP contribution is -2.60. The number of nitrogens with one attached hydrogen (secondary N) is 3. The Balaban J connectivity index is 1.24. The predicted octanol–water partition coefficient (Wildman–Crippen LogP) is 1.87. The van der Waals surface area contributed by atoms with E-state index in [1.54, 1.807) is 6.20 Å². The number of aromatic nitrogens is 1. The average molecular weight is 808 g/mol. The highest BCUT2D eigenvalue weighted by molar-refractivity contribution is 7.91. The number of allylic oxidation sites excluding steroid dienone is 1. The topological polar surface area (TPSA) is 197 Å². The summed E-state index contributed by atoms with van der Waals surface area (Å²) in [7, 11) is 0.962. The van der Waals surface area contributed by atoms with Gasteiger partial charge in [-0.05, 0) is 68.6 Å². The molecule has 308 valence electrons. The lowest BCUT2D eigenvalue weighted by Gasteiger charge is -2.34. The summed E-state index contributed by atoms with van der Waals surface area (Å²) in [6, 6.07) is 3.34. The van der Waals surface area contributed by atoms with Crippen LogP contribution in [0, 0.1) is 17.8 Å². The summed E-state index contributed by atoms with van der Waals surface area (Å²) in [6.45, 7) is 5.16. The van der Waals surface area contributed by atoms with E-state index < -0.39 is 74.5 Å². The lowest BCUT2D eigenvalue weighted by molar-refractivity contribution is -0.148. The third-order valence-corrected chi connectivity index (χ3v) is 13.9. The number of carbonyl (C=O) groups excluding carboxylic acids is 5. The molecule has 16 nitrogen and oxygen atoms in total. The molecule has 7 atom stereocenters. The maximum Gasteiger partial charge on any atom is 0.311 e. The molecule has 3 N–H and O–H groups in total. The first-order chi connectivity index (χ1) is 27.1. The highest BCUT2D eigenvalue weighted by Gasteiger charge is 2.62. The molecule has 1 aromatic carbocycles. The molecule has 7 rings (SSSR count). The predicted molar refractivity (Wildman–Crippen MR) is 211 cm³/mol. The third-order valence-electron chi connectivity index (χ3n) is 12.1. The Kier molecular flexibility index (Phi) is 11.2. The van der Waals surface area contributed by atoms with Gasteiger partial charge in [0.1, 0.15) is 30.3 Å². The van der Waals surface area contributed by atoms with Crippen LogP contribution < -0.4 is 29.7 Å². The Morgan fingerprint density at radius 1 is 1.11 bits per heavy atom. The van der Waals surface area contributed by atoms with Gasteiger partial charge in [0.25, 0.3) is 5.91 Å². The maximum absolute atomic E-state index is 14.9. The molecule has 1 saturated heterocycles. The molecular formula is C40H53N7O9S. The van der Waals surface area contributed by atoms with Gasteiger partial charge >= 0.3 is 11.8 Å². The van der Waals surface area contributed by atoms with E-state index in [4.69, 9.17) is 9.47 Å². The van der Waals surface area contributed by atoms with Gasteiger partial charge in [-0.2, -0.15) is 0 Å². The minimum absolute atomic E-state index is 0.00286. The second kappa shape index (κ2) is 15.8. The number of hydrogen-bond acceptors (Lipinski definition) is 11. The van der Waals surface area contributed by atoms with Crippen molar-refractivity contribution in [2.45, 2.75) is 94.2 Å². The summed E-state index contributed by atoms with van der Waals surface area (Å²) in [4.78, 5) is 78.6. The zero-order valence-corrected chi connectivity index (χ0v) is 34.0. The first kappa shape index (κ1) is 40.3. The van der Waals surface area contributed by atoms with Crippen molar-refractivity contribution < 1.29 is 41.9 Å². The van der Waals surface area contributed by atoms with Crippen LogP contribution in [0.3, 0.4) is 0 Å². The second-order valence-electron chi connectivity index (χ2n) is 16.5. The average Bonchev–Trinajstić information content (AvgIpc) is 4.11. The quantitative estimate of drug-likeness (QED) is 0.273. The molecule has 0 spiro atoms. The van der Waals surface area contributed by atoms with Crippen LogP contribution >= 0.6 is 0 Å². The summed E-state index contributed by atoms with van der Waals surface area (Å²) in [6.07, 6.45) is 8.20. The Labute approximate surface area is 333 Å². The van der Waals surface area contributed by atoms with E-state index in [2.05, 4.69) is 32.2 Å². The van der Waals surface area contributed by atoms with Gasteiger partial charge < -0.3 is 34.8 Å². The van der Waals surface area contributed by atoms with Gasteiger partial charge in [-0.15, -0.1) is 0 Å². The Morgan fingerprint density at radius 2 is 1.88 bits per heavy atom. The van der Waals surface area contributed by atoms with E-state index in [9.17, 15) is 32.4 Å². The van der Waals surface area contributed by atoms with Crippen LogP contribution in [-0.4, -0.2) is 123 Å². The van der Waals surface area contributed by atoms with E-state index in [0.29, 0.717) is 49.8 Å². The van der Waals surface area contributed by atoms with E-state index in [-0.39, 0.29) is 37.1 Å². The molecule has 0 bridgehead atoms. The van der Waals surface area contributed by atoms with Crippen LogP contribution in [0.25, 0.3) is 10.8 Å². The zero-order valence-electron chi connectivity index (χ0n) is 33.2. The minimum Gasteiger partial charge on any atom is -0.489 e. The summed E-state index contributed by atoms with van der Waals surface area (Å²) in [5.41, 5.74) is -0.618. The number of likely N-dealkylation sites (N-methyl/N-ethyl adjacent to an activating group) is 2. The van der Waals surface area contributed by atoms with E-state index in [1.165, 1.54) is 19.0 Å². The Hall–Kier alpha value is -4.93. The van der Waals surface area contributed by atoms with Crippen molar-refractivity contribution in [1.82, 2.24) is 30.1 Å². The summed E-state index contributed by atoms with van der Waals surface area (Å²) in [5, 5.41) is 6.44. The molecule has 57 heavy (non-hydrogen) atoms. The Bertz CT molecular complexity index is 2090. The largest absolute Gasteiger partial charge is 0.489 e. The first-order valence-corrected chi connectivity index (χ1v) is 21.5. The van der Waals surface area contributed by atoms with Crippen LogP contribution in [0.2, 0.25) is 0 Å². The molecule has 2 aliphatic carbocycles. The number of rotatable bonds is 7. The number of ether oxygens (including phenoxy) is 2. The van der Waals surface area contributed by atoms with Crippen LogP contribution in [0.1, 0.15) is 65.2 Å². The zero-order chi connectivity index (χ0) is 40.8. The number of benzene rings is 1. The van der Waals surface area contributed by atoms with Crippen LogP contribution in [0.5, 0.6) is 11.6 Å². The molecule has 5 amide bonds. The van der Waals surface area contributed by atoms with Gasteiger partial charge in [0.15, 0.2) is 5.75 Å². The van der Waals surface area contributed by atoms with Gasteiger partial charge in [0, 0.05) is 50.5 Å². The number of amides is 5. The van der Waals surface area contributed by atoms with Crippen molar-refractivity contribution in [1.29, 1.82) is 0 Å². The number of fused-ring (bicyclic) bond motifs is 5. The van der Waals surface area contributed by atoms with Crippen molar-refractivity contribution >= 4 is 56.0 Å². The van der Waals surface area contributed by atoms with Gasteiger partial charge in [-0.3, -0.25) is 28.7 Å². The van der Waals surface area contributed by atoms with E-state index in [1.807, 2.05) is 44.3 Å². The lowest BCUT2D eigenvalue weighted by atomic mass is 9.84. The number of nitrogens with zero attached hydrogens (tertiary/aromatic N) is 4. The van der Waals surface area contributed by atoms with Crippen molar-refractivity contribution in [3.05, 3.63) is 36.5 Å². The van der Waals surface area contributed by atoms with Gasteiger partial charge in [-0.1, -0.05) is 32.4 Å². The van der Waals surface area contributed by atoms with Crippen molar-refractivity contribution in [2.75, 3.05) is 45.7 Å². The minimum atomic E-state index is -3.92. The van der Waals surface area contributed by atoms with Crippen LogP contribution in [-0.2, 0) is 34.0 Å². The molecule has 5 aliphatic rings. The third kappa shape index (κ3) is 8.12. The molecule has 17 heteroatoms. The van der Waals surface area contributed by atoms with E-state index >= 15 is 0 Å². The molecular weight excluding hydrogens is 755 g/mol. The molecule has 3 aliphatic heterocycles. The molecule has 0 unspecified atom stereocenters. The smallest absolute Gasteiger partial charge is 0.311 e. The number of hydrogen-bond donors (Lipinski definition) is 3. The fraction of sp³-hybridized carbons (Fsp3) is 0.600. The van der Waals surface area contributed by atoms with Crippen molar-refractivity contribution in [3.8, 4) is 11.6 Å². The fourth-order valence-electron chi connectivity index (χ4n) is 8.42. The van der Waals surface area contributed by atoms with Gasteiger partial charge in [-0.25, -0.2) is 13.4 Å². The maximum atomic E-state index is 14.9. The fourth-order valence-corrected chi connectivity index (χ4v) is 9.78. The summed E-state index contributed by atoms with van der Waals surface area (Å²) < 4.78 is 40.7. The van der Waals surface area contributed by atoms with E-state index in [0.717, 1.165) is 28.9 Å². The molecule has 2 saturated carbocycles. The van der Waals surface area contributed by atoms with Crippen LogP contribution in [0.15, 0.2) is 36.5 Å². The number of carbonyl (C=O) groups is 5. The van der Waals surface area contributed by atoms with Crippen molar-refractivity contribution in [2.24, 2.45) is 17.8 Å². The van der Waals surface area contributed by atoms with Gasteiger partial charge in [0.2, 0.25) is 27.7 Å². The molecule has 2 aromatic rings. The first-order valence-electron chi connectivity index (χ1n) is 19.9. The SMILES string of the molecule is CC[C@@H]1C[C@@H](C)CCC=C[C@@H]2C[C@@]2(C(=O)NS(=O)(=O)C2CC2)NC(=O)[C@@H]2C[C@@H](Oc3nccc4c5c(ccc34)N(C)CCO5)CN2C(=O)[C@H]1NC(=O)C(=O)N(C)C. The normalized spacial score (nSPS) is 29.1. The molecule has 4 heterocycles. The Morgan fingerprint density at radius 3 is 2.60 bits per heavy atom. The molecule has 3 fully saturated rings. The summed E-state index contributed by atoms with van der Waals surface area (Å²) in [5.74, 6) is -3.56.